The zero-order valence-corrected chi connectivity index (χ0v) is 13.3. The first kappa shape index (κ1) is 21.4. The molecule has 1 aromatic heterocycles. The first-order valence-corrected chi connectivity index (χ1v) is 6.35. The summed E-state index contributed by atoms with van der Waals surface area (Å²) >= 11 is 0. The summed E-state index contributed by atoms with van der Waals surface area (Å²) < 4.78 is 53.8. The number of alkyl halides is 4. The number of carbonyl (C=O) groups is 1. The summed E-state index contributed by atoms with van der Waals surface area (Å²) in [5.41, 5.74) is 5.02. The third kappa shape index (κ3) is 6.57. The predicted molar refractivity (Wildman–Crippen MR) is 78.5 cm³/mol. The Bertz CT molecular complexity index is 512. The lowest BCUT2D eigenvalue weighted by Gasteiger charge is -2.24. The molecule has 23 heavy (non-hydrogen) atoms. The van der Waals surface area contributed by atoms with Crippen LogP contribution in [0.2, 0.25) is 0 Å². The second-order valence-electron chi connectivity index (χ2n) is 5.28. The van der Waals surface area contributed by atoms with Crippen molar-refractivity contribution in [1.29, 1.82) is 0 Å². The molecule has 1 aromatic rings. The monoisotopic (exact) mass is 359 g/mol. The van der Waals surface area contributed by atoms with Gasteiger partial charge in [0, 0.05) is 24.3 Å². The van der Waals surface area contributed by atoms with E-state index in [0.717, 1.165) is 12.3 Å². The average molecular weight is 360 g/mol. The number of aromatic nitrogens is 1. The lowest BCUT2D eigenvalue weighted by atomic mass is 10.1. The molecule has 0 aromatic carbocycles. The third-order valence-corrected chi connectivity index (χ3v) is 2.69. The van der Waals surface area contributed by atoms with Gasteiger partial charge in [-0.2, -0.15) is 8.78 Å². The van der Waals surface area contributed by atoms with Crippen LogP contribution < -0.4 is 15.8 Å². The van der Waals surface area contributed by atoms with E-state index in [0.29, 0.717) is 0 Å². The number of pyridine rings is 1. The summed E-state index contributed by atoms with van der Waals surface area (Å²) in [5, 5.41) is 2.65. The first-order valence-electron chi connectivity index (χ1n) is 6.35. The van der Waals surface area contributed by atoms with Crippen molar-refractivity contribution in [3.05, 3.63) is 23.9 Å². The summed E-state index contributed by atoms with van der Waals surface area (Å²) in [6.07, 6.45) is -2.73. The molecular weight excluding hydrogens is 342 g/mol. The number of amides is 1. The van der Waals surface area contributed by atoms with Crippen molar-refractivity contribution >= 4 is 18.3 Å². The van der Waals surface area contributed by atoms with E-state index in [-0.39, 0.29) is 30.4 Å². The highest BCUT2D eigenvalue weighted by Crippen LogP contribution is 2.23. The van der Waals surface area contributed by atoms with Crippen molar-refractivity contribution in [3.8, 4) is 5.88 Å². The molecule has 0 saturated carbocycles. The number of hydrogen-bond donors (Lipinski definition) is 2. The van der Waals surface area contributed by atoms with Crippen molar-refractivity contribution in [1.82, 2.24) is 10.3 Å². The van der Waals surface area contributed by atoms with Crippen LogP contribution in [0.15, 0.2) is 18.3 Å². The van der Waals surface area contributed by atoms with Crippen LogP contribution in [0.5, 0.6) is 5.88 Å². The molecule has 0 unspecified atom stereocenters. The number of halogens is 5. The van der Waals surface area contributed by atoms with Crippen molar-refractivity contribution in [3.63, 3.8) is 0 Å². The van der Waals surface area contributed by atoms with Crippen LogP contribution in [0.25, 0.3) is 0 Å². The first-order chi connectivity index (χ1) is 10.1. The molecule has 1 rings (SSSR count). The van der Waals surface area contributed by atoms with Crippen LogP contribution in [0, 0.1) is 0 Å². The summed E-state index contributed by atoms with van der Waals surface area (Å²) in [6, 6.07) is 2.43. The maximum Gasteiger partial charge on any atom is 0.340 e. The van der Waals surface area contributed by atoms with Crippen molar-refractivity contribution in [2.75, 3.05) is 13.2 Å². The topological polar surface area (TPSA) is 77.2 Å². The molecule has 0 fully saturated rings. The van der Waals surface area contributed by atoms with E-state index < -0.39 is 30.4 Å². The summed E-state index contributed by atoms with van der Waals surface area (Å²) in [4.78, 5) is 15.5. The highest BCUT2D eigenvalue weighted by atomic mass is 35.5. The van der Waals surface area contributed by atoms with Crippen LogP contribution in [0.3, 0.4) is 0 Å². The molecule has 0 bridgehead atoms. The van der Waals surface area contributed by atoms with Gasteiger partial charge in [-0.15, -0.1) is 12.4 Å². The Morgan fingerprint density at radius 1 is 1.39 bits per heavy atom. The number of carbonyl (C=O) groups excluding carboxylic acids is 1. The van der Waals surface area contributed by atoms with Gasteiger partial charge in [-0.3, -0.25) is 4.79 Å². The lowest BCUT2D eigenvalue weighted by Crippen LogP contribution is -2.48. The molecule has 1 heterocycles. The molecule has 0 radical (unpaired) electrons. The zero-order chi connectivity index (χ0) is 17.0. The molecule has 0 saturated heterocycles. The van der Waals surface area contributed by atoms with E-state index >= 15 is 0 Å². The van der Waals surface area contributed by atoms with E-state index in [1.54, 1.807) is 13.8 Å². The van der Waals surface area contributed by atoms with Gasteiger partial charge in [0.15, 0.2) is 6.61 Å². The van der Waals surface area contributed by atoms with Crippen molar-refractivity contribution < 1.29 is 27.1 Å². The summed E-state index contributed by atoms with van der Waals surface area (Å²) in [7, 11) is 0. The van der Waals surface area contributed by atoms with Gasteiger partial charge in [-0.1, -0.05) is 0 Å². The molecule has 132 valence electrons. The summed E-state index contributed by atoms with van der Waals surface area (Å²) in [5.74, 6) is -4.99. The van der Waals surface area contributed by atoms with Gasteiger partial charge in [0.05, 0.1) is 5.56 Å². The minimum Gasteiger partial charge on any atom is -0.471 e. The fourth-order valence-corrected chi connectivity index (χ4v) is 1.26. The molecule has 3 N–H and O–H groups in total. The number of nitrogens with one attached hydrogen (secondary N) is 1. The number of hydrogen-bond acceptors (Lipinski definition) is 4. The highest BCUT2D eigenvalue weighted by molar-refractivity contribution is 5.94. The fourth-order valence-electron chi connectivity index (χ4n) is 1.26. The van der Waals surface area contributed by atoms with Gasteiger partial charge in [0.25, 0.3) is 5.91 Å². The predicted octanol–water partition coefficient (Wildman–Crippen LogP) is 2.25. The van der Waals surface area contributed by atoms with E-state index in [9.17, 15) is 22.4 Å². The third-order valence-electron chi connectivity index (χ3n) is 2.69. The molecule has 0 aliphatic rings. The average Bonchev–Trinajstić information content (AvgIpc) is 2.45. The SMILES string of the molecule is CC(C)(CN)NC(=O)c1ccc(OCC(F)(F)C(F)F)nc1.Cl. The Hall–Kier alpha value is -1.61. The van der Waals surface area contributed by atoms with E-state index in [2.05, 4.69) is 15.0 Å². The fraction of sp³-hybridized carbons (Fsp3) is 0.538. The second-order valence-corrected chi connectivity index (χ2v) is 5.28. The van der Waals surface area contributed by atoms with Gasteiger partial charge in [-0.25, -0.2) is 13.8 Å². The molecule has 0 spiro atoms. The zero-order valence-electron chi connectivity index (χ0n) is 12.5. The van der Waals surface area contributed by atoms with E-state index in [1.807, 2.05) is 0 Å². The number of ether oxygens (including phenoxy) is 1. The van der Waals surface area contributed by atoms with E-state index in [4.69, 9.17) is 5.73 Å². The molecule has 1 amide bonds. The largest absolute Gasteiger partial charge is 0.471 e. The van der Waals surface area contributed by atoms with E-state index in [1.165, 1.54) is 6.07 Å². The van der Waals surface area contributed by atoms with Gasteiger partial charge in [0.1, 0.15) is 0 Å². The normalized spacial score (nSPS) is 11.8. The highest BCUT2D eigenvalue weighted by Gasteiger charge is 2.41. The minimum absolute atomic E-state index is 0. The van der Waals surface area contributed by atoms with Crippen LogP contribution in [-0.4, -0.2) is 41.9 Å². The van der Waals surface area contributed by atoms with Crippen LogP contribution in [0.4, 0.5) is 17.6 Å². The Kier molecular flexibility index (Phi) is 7.72. The van der Waals surface area contributed by atoms with Crippen LogP contribution in [0.1, 0.15) is 24.2 Å². The van der Waals surface area contributed by atoms with Crippen molar-refractivity contribution in [2.45, 2.75) is 31.7 Å². The second kappa shape index (κ2) is 8.30. The lowest BCUT2D eigenvalue weighted by molar-refractivity contribution is -0.148. The standard InChI is InChI=1S/C13H17F4N3O2.ClH/c1-12(2,6-18)20-10(21)8-3-4-9(19-5-8)22-7-13(16,17)11(14)15;/h3-5,11H,6-7,18H2,1-2H3,(H,20,21);1H. The number of nitrogens with zero attached hydrogens (tertiary/aromatic N) is 1. The Labute approximate surface area is 137 Å². The smallest absolute Gasteiger partial charge is 0.340 e. The Balaban J connectivity index is 0.00000484. The molecular formula is C13H18ClF4N3O2. The maximum absolute atomic E-state index is 12.7. The van der Waals surface area contributed by atoms with Gasteiger partial charge < -0.3 is 15.8 Å². The molecule has 0 atom stereocenters. The Morgan fingerprint density at radius 3 is 2.43 bits per heavy atom. The maximum atomic E-state index is 12.7. The van der Waals surface area contributed by atoms with Crippen LogP contribution in [-0.2, 0) is 0 Å². The molecule has 5 nitrogen and oxygen atoms in total. The molecule has 0 aliphatic carbocycles. The van der Waals surface area contributed by atoms with Crippen LogP contribution >= 0.6 is 12.4 Å². The number of nitrogens with two attached hydrogens (primary N) is 1. The van der Waals surface area contributed by atoms with Crippen molar-refractivity contribution in [2.24, 2.45) is 5.73 Å². The number of rotatable bonds is 7. The molecule has 0 aliphatic heterocycles. The van der Waals surface area contributed by atoms with Gasteiger partial charge in [0.2, 0.25) is 5.88 Å². The quantitative estimate of drug-likeness (QED) is 0.732. The van der Waals surface area contributed by atoms with Gasteiger partial charge >= 0.3 is 12.3 Å². The van der Waals surface area contributed by atoms with Gasteiger partial charge in [-0.05, 0) is 19.9 Å². The summed E-state index contributed by atoms with van der Waals surface area (Å²) in [6.45, 7) is 2.17. The minimum atomic E-state index is -4.26. The Morgan fingerprint density at radius 2 is 2.00 bits per heavy atom. The molecule has 10 heteroatoms.